The van der Waals surface area contributed by atoms with Crippen molar-refractivity contribution >= 4 is 15.7 Å². The minimum Gasteiger partial charge on any atom is -0.349 e. The predicted molar refractivity (Wildman–Crippen MR) is 54.0 cm³/mol. The summed E-state index contributed by atoms with van der Waals surface area (Å²) in [5, 5.41) is 5.25. The van der Waals surface area contributed by atoms with Crippen molar-refractivity contribution in [3.05, 3.63) is 0 Å². The lowest BCUT2D eigenvalue weighted by Gasteiger charge is -2.13. The summed E-state index contributed by atoms with van der Waals surface area (Å²) in [7, 11) is -3.14. The van der Waals surface area contributed by atoms with E-state index in [1.807, 2.05) is 0 Å². The summed E-state index contributed by atoms with van der Waals surface area (Å²) in [5.74, 6) is -0.618. The van der Waals surface area contributed by atoms with Crippen LogP contribution in [0.15, 0.2) is 0 Å². The van der Waals surface area contributed by atoms with Crippen molar-refractivity contribution in [1.82, 2.24) is 10.6 Å². The molecule has 1 amide bonds. The number of hydrogen-bond acceptors (Lipinski definition) is 4. The fourth-order valence-corrected chi connectivity index (χ4v) is 1.90. The van der Waals surface area contributed by atoms with Crippen molar-refractivity contribution in [2.45, 2.75) is 18.6 Å². The lowest BCUT2D eigenvalue weighted by atomic mass is 10.2. The molecule has 0 saturated carbocycles. The Morgan fingerprint density at radius 2 is 2.20 bits per heavy atom. The van der Waals surface area contributed by atoms with Crippen LogP contribution in [0.1, 0.15) is 6.42 Å². The third-order valence-corrected chi connectivity index (χ3v) is 3.13. The standard InChI is InChI=1S/C8H15FN2O3S/c1-15(13,14)3-2-8(12)11-7-5-10-4-6(7)9/h6-7,10H,2-5H2,1H3,(H,11,12)/t6?,7-/m1/s1. The van der Waals surface area contributed by atoms with Gasteiger partial charge in [0.1, 0.15) is 16.0 Å². The molecular weight excluding hydrogens is 223 g/mol. The first-order chi connectivity index (χ1) is 6.88. The van der Waals surface area contributed by atoms with Crippen molar-refractivity contribution in [3.8, 4) is 0 Å². The zero-order chi connectivity index (χ0) is 11.5. The maximum Gasteiger partial charge on any atom is 0.221 e. The predicted octanol–water partition coefficient (Wildman–Crippen LogP) is -1.15. The van der Waals surface area contributed by atoms with Crippen LogP contribution >= 0.6 is 0 Å². The van der Waals surface area contributed by atoms with Gasteiger partial charge in [0.25, 0.3) is 0 Å². The highest BCUT2D eigenvalue weighted by Gasteiger charge is 2.27. The van der Waals surface area contributed by atoms with E-state index >= 15 is 0 Å². The van der Waals surface area contributed by atoms with E-state index in [0.29, 0.717) is 6.54 Å². The number of alkyl halides is 1. The largest absolute Gasteiger partial charge is 0.349 e. The van der Waals surface area contributed by atoms with Crippen LogP contribution in [0.3, 0.4) is 0 Å². The number of halogens is 1. The lowest BCUT2D eigenvalue weighted by molar-refractivity contribution is -0.121. The van der Waals surface area contributed by atoms with Gasteiger partial charge in [-0.25, -0.2) is 12.8 Å². The summed E-state index contributed by atoms with van der Waals surface area (Å²) in [6.45, 7) is 0.628. The van der Waals surface area contributed by atoms with E-state index in [1.54, 1.807) is 0 Å². The van der Waals surface area contributed by atoms with Gasteiger partial charge in [0.2, 0.25) is 5.91 Å². The number of amides is 1. The van der Waals surface area contributed by atoms with Gasteiger partial charge in [-0.2, -0.15) is 0 Å². The molecule has 1 rings (SSSR count). The Morgan fingerprint density at radius 3 is 2.67 bits per heavy atom. The second-order valence-electron chi connectivity index (χ2n) is 3.73. The van der Waals surface area contributed by atoms with E-state index < -0.39 is 28.0 Å². The molecule has 0 aromatic heterocycles. The third kappa shape index (κ3) is 4.57. The van der Waals surface area contributed by atoms with Crippen LogP contribution in [0.4, 0.5) is 4.39 Å². The van der Waals surface area contributed by atoms with Gasteiger partial charge in [-0.3, -0.25) is 4.79 Å². The van der Waals surface area contributed by atoms with Crippen LogP contribution in [0.5, 0.6) is 0 Å². The number of carbonyl (C=O) groups excluding carboxylic acids is 1. The summed E-state index contributed by atoms with van der Waals surface area (Å²) in [6.07, 6.45) is -0.135. The highest BCUT2D eigenvalue weighted by molar-refractivity contribution is 7.90. The Balaban J connectivity index is 2.30. The molecule has 1 saturated heterocycles. The number of rotatable bonds is 4. The second-order valence-corrected chi connectivity index (χ2v) is 5.99. The molecule has 0 aliphatic carbocycles. The van der Waals surface area contributed by atoms with E-state index in [2.05, 4.69) is 10.6 Å². The maximum atomic E-state index is 13.0. The molecule has 1 fully saturated rings. The normalized spacial score (nSPS) is 26.5. The Labute approximate surface area is 88.3 Å². The summed E-state index contributed by atoms with van der Waals surface area (Å²) < 4.78 is 34.6. The van der Waals surface area contributed by atoms with Crippen molar-refractivity contribution in [3.63, 3.8) is 0 Å². The second kappa shape index (κ2) is 4.89. The summed E-state index contributed by atoms with van der Waals surface area (Å²) in [5.41, 5.74) is 0. The molecule has 1 unspecified atom stereocenters. The Kier molecular flexibility index (Phi) is 4.04. The number of carbonyl (C=O) groups is 1. The van der Waals surface area contributed by atoms with Gasteiger partial charge in [0.15, 0.2) is 0 Å². The van der Waals surface area contributed by atoms with Gasteiger partial charge in [-0.1, -0.05) is 0 Å². The molecule has 0 aromatic rings. The van der Waals surface area contributed by atoms with Crippen molar-refractivity contribution in [1.29, 1.82) is 0 Å². The zero-order valence-corrected chi connectivity index (χ0v) is 9.31. The van der Waals surface area contributed by atoms with Crippen molar-refractivity contribution in [2.24, 2.45) is 0 Å². The summed E-state index contributed by atoms with van der Waals surface area (Å²) in [4.78, 5) is 11.2. The van der Waals surface area contributed by atoms with Crippen LogP contribution in [-0.2, 0) is 14.6 Å². The molecule has 88 valence electrons. The molecule has 0 bridgehead atoms. The smallest absolute Gasteiger partial charge is 0.221 e. The first-order valence-corrected chi connectivity index (χ1v) is 6.76. The lowest BCUT2D eigenvalue weighted by Crippen LogP contribution is -2.41. The van der Waals surface area contributed by atoms with Crippen LogP contribution in [0.25, 0.3) is 0 Å². The molecule has 7 heteroatoms. The van der Waals surface area contributed by atoms with Crippen molar-refractivity contribution in [2.75, 3.05) is 25.1 Å². The van der Waals surface area contributed by atoms with E-state index in [1.165, 1.54) is 0 Å². The Hall–Kier alpha value is -0.690. The summed E-state index contributed by atoms with van der Waals surface area (Å²) in [6, 6.07) is -0.530. The molecule has 5 nitrogen and oxygen atoms in total. The molecule has 0 spiro atoms. The molecule has 1 heterocycles. The van der Waals surface area contributed by atoms with Gasteiger partial charge in [-0.05, 0) is 0 Å². The number of hydrogen-bond donors (Lipinski definition) is 2. The molecule has 2 atom stereocenters. The van der Waals surface area contributed by atoms with Gasteiger partial charge < -0.3 is 10.6 Å². The number of nitrogens with one attached hydrogen (secondary N) is 2. The minimum absolute atomic E-state index is 0.109. The van der Waals surface area contributed by atoms with E-state index in [0.717, 1.165) is 6.26 Å². The Bertz CT molecular complexity index is 331. The SMILES string of the molecule is CS(=O)(=O)CCC(=O)N[C@@H]1CNCC1F. The molecule has 2 N–H and O–H groups in total. The monoisotopic (exact) mass is 238 g/mol. The zero-order valence-electron chi connectivity index (χ0n) is 8.49. The molecule has 1 aliphatic heterocycles. The molecular formula is C8H15FN2O3S. The van der Waals surface area contributed by atoms with Crippen LogP contribution in [-0.4, -0.2) is 51.6 Å². The molecule has 0 radical (unpaired) electrons. The maximum absolute atomic E-state index is 13.0. The number of sulfone groups is 1. The fraction of sp³-hybridized carbons (Fsp3) is 0.875. The van der Waals surface area contributed by atoms with E-state index in [9.17, 15) is 17.6 Å². The first-order valence-electron chi connectivity index (χ1n) is 4.70. The average Bonchev–Trinajstić information content (AvgIpc) is 2.47. The topological polar surface area (TPSA) is 75.3 Å². The van der Waals surface area contributed by atoms with Gasteiger partial charge in [0, 0.05) is 25.8 Å². The van der Waals surface area contributed by atoms with Crippen LogP contribution in [0.2, 0.25) is 0 Å². The third-order valence-electron chi connectivity index (χ3n) is 2.19. The van der Waals surface area contributed by atoms with Crippen LogP contribution in [0, 0.1) is 0 Å². The van der Waals surface area contributed by atoms with Crippen molar-refractivity contribution < 1.29 is 17.6 Å². The fourth-order valence-electron chi connectivity index (χ4n) is 1.35. The van der Waals surface area contributed by atoms with Gasteiger partial charge in [0.05, 0.1) is 11.8 Å². The molecule has 15 heavy (non-hydrogen) atoms. The summed E-state index contributed by atoms with van der Waals surface area (Å²) >= 11 is 0. The Morgan fingerprint density at radius 1 is 1.53 bits per heavy atom. The van der Waals surface area contributed by atoms with E-state index in [-0.39, 0.29) is 18.7 Å². The molecule has 1 aliphatic rings. The minimum atomic E-state index is -3.14. The van der Waals surface area contributed by atoms with Crippen LogP contribution < -0.4 is 10.6 Å². The van der Waals surface area contributed by atoms with Gasteiger partial charge >= 0.3 is 0 Å². The highest BCUT2D eigenvalue weighted by atomic mass is 32.2. The first kappa shape index (κ1) is 12.4. The van der Waals surface area contributed by atoms with E-state index in [4.69, 9.17) is 0 Å². The average molecular weight is 238 g/mol. The molecule has 0 aromatic carbocycles. The quantitative estimate of drug-likeness (QED) is 0.648. The van der Waals surface area contributed by atoms with Gasteiger partial charge in [-0.15, -0.1) is 0 Å². The highest BCUT2D eigenvalue weighted by Crippen LogP contribution is 2.04.